The van der Waals surface area contributed by atoms with E-state index in [2.05, 4.69) is 4.98 Å². The lowest BCUT2D eigenvalue weighted by Gasteiger charge is -1.96. The van der Waals surface area contributed by atoms with E-state index in [1.165, 1.54) is 18.0 Å². The molecule has 0 bridgehead atoms. The largest absolute Gasteiger partial charge is 0.762 e. The molecule has 0 atom stereocenters. The molecule has 0 aliphatic rings. The average Bonchev–Trinajstić information content (AvgIpc) is 2.57. The number of allylic oxidation sites excluding steroid dienone is 1. The second-order valence-electron chi connectivity index (χ2n) is 2.27. The van der Waals surface area contributed by atoms with Crippen molar-refractivity contribution in [1.82, 2.24) is 9.71 Å². The Balaban J connectivity index is 3.59. The van der Waals surface area contributed by atoms with Crippen LogP contribution in [0.25, 0.3) is 11.0 Å². The summed E-state index contributed by atoms with van der Waals surface area (Å²) < 4.78 is 0.250. The lowest BCUT2D eigenvalue weighted by Crippen LogP contribution is -2.00. The summed E-state index contributed by atoms with van der Waals surface area (Å²) in [4.78, 5) is 3.49. The van der Waals surface area contributed by atoms with Crippen molar-refractivity contribution < 1.29 is 5.21 Å². The van der Waals surface area contributed by atoms with Crippen molar-refractivity contribution in [3.8, 4) is 18.2 Å². The Bertz CT molecular complexity index is 584. The van der Waals surface area contributed by atoms with Crippen LogP contribution in [0.2, 0.25) is 0 Å². The first-order valence-corrected chi connectivity index (χ1v) is 3.49. The minimum atomic E-state index is -0.476. The molecule has 15 heavy (non-hydrogen) atoms. The second-order valence-corrected chi connectivity index (χ2v) is 2.27. The predicted octanol–water partition coefficient (Wildman–Crippen LogP) is 0.00984. The minimum Gasteiger partial charge on any atom is -0.762 e. The summed E-state index contributed by atoms with van der Waals surface area (Å²) in [5.74, 6) is 1.08. The summed E-state index contributed by atoms with van der Waals surface area (Å²) in [6.07, 6.45) is 0. The van der Waals surface area contributed by atoms with E-state index in [-0.39, 0.29) is 10.4 Å². The van der Waals surface area contributed by atoms with Crippen LogP contribution in [0.5, 0.6) is 0 Å². The van der Waals surface area contributed by atoms with E-state index in [0.717, 1.165) is 0 Å². The highest BCUT2D eigenvalue weighted by Crippen LogP contribution is 2.13. The highest BCUT2D eigenvalue weighted by Gasteiger charge is 2.18. The molecule has 0 aromatic carbocycles. The van der Waals surface area contributed by atoms with Gasteiger partial charge >= 0.3 is 0 Å². The molecule has 7 heteroatoms. The van der Waals surface area contributed by atoms with Crippen LogP contribution in [0.4, 0.5) is 0 Å². The summed E-state index contributed by atoms with van der Waals surface area (Å²) >= 11 is 0. The molecule has 1 rings (SSSR count). The van der Waals surface area contributed by atoms with E-state index in [9.17, 15) is 5.21 Å². The molecular formula is C8HN6O-. The molecule has 0 saturated carbocycles. The van der Waals surface area contributed by atoms with Gasteiger partial charge in [-0.05, 0) is 0 Å². The summed E-state index contributed by atoms with van der Waals surface area (Å²) in [7, 11) is 0. The Morgan fingerprint density at radius 3 is 2.33 bits per heavy atom. The van der Waals surface area contributed by atoms with Crippen LogP contribution < -0.4 is 0 Å². The molecule has 1 N–H and O–H groups in total. The lowest BCUT2D eigenvalue weighted by molar-refractivity contribution is 0.180. The van der Waals surface area contributed by atoms with Crippen LogP contribution in [0.1, 0.15) is 17.2 Å². The van der Waals surface area contributed by atoms with Crippen molar-refractivity contribution in [2.45, 2.75) is 0 Å². The van der Waals surface area contributed by atoms with Crippen LogP contribution in [0.3, 0.4) is 0 Å². The molecule has 1 aromatic heterocycles. The molecule has 0 unspecified atom stereocenters. The van der Waals surface area contributed by atoms with Gasteiger partial charge in [0.1, 0.15) is 23.8 Å². The average molecular weight is 197 g/mol. The molecular weight excluding hydrogens is 196 g/mol. The van der Waals surface area contributed by atoms with Gasteiger partial charge in [0.15, 0.2) is 17.2 Å². The van der Waals surface area contributed by atoms with Crippen LogP contribution in [0.15, 0.2) is 0 Å². The topological polar surface area (TPSA) is 132 Å². The zero-order chi connectivity index (χ0) is 11.4. The molecule has 0 amide bonds. The third-order valence-electron chi connectivity index (χ3n) is 1.51. The van der Waals surface area contributed by atoms with Gasteiger partial charge in [0.05, 0.1) is 0 Å². The van der Waals surface area contributed by atoms with Crippen LogP contribution >= 0.6 is 0 Å². The zero-order valence-corrected chi connectivity index (χ0v) is 7.13. The first kappa shape index (κ1) is 10.0. The highest BCUT2D eigenvalue weighted by atomic mass is 16.5. The van der Waals surface area contributed by atoms with E-state index < -0.39 is 17.1 Å². The number of imidazole rings is 1. The summed E-state index contributed by atoms with van der Waals surface area (Å²) in [5.41, 5.74) is -1.22. The quantitative estimate of drug-likeness (QED) is 0.384. The number of hydrogen-bond donors (Lipinski definition) is 1. The number of hydrogen-bond acceptors (Lipinski definition) is 5. The normalized spacial score (nSPS) is 8.07. The van der Waals surface area contributed by atoms with Gasteiger partial charge in [-0.25, -0.2) is 10.9 Å². The van der Waals surface area contributed by atoms with Gasteiger partial charge in [-0.15, -0.1) is 0 Å². The summed E-state index contributed by atoms with van der Waals surface area (Å²) in [6.45, 7) is 0. The third kappa shape index (κ3) is 1.40. The summed E-state index contributed by atoms with van der Waals surface area (Å²) in [5, 5.41) is 43.5. The minimum absolute atomic E-state index is 0.250. The van der Waals surface area contributed by atoms with Gasteiger partial charge in [-0.2, -0.15) is 20.5 Å². The Morgan fingerprint density at radius 2 is 2.00 bits per heavy atom. The molecule has 1 aromatic rings. The smallest absolute Gasteiger partial charge is 0.195 e. The van der Waals surface area contributed by atoms with E-state index in [1.807, 2.05) is 0 Å². The Hall–Kier alpha value is -3.07. The van der Waals surface area contributed by atoms with Gasteiger partial charge in [0.2, 0.25) is 0 Å². The number of nitrogens with zero attached hydrogens (tertiary/aromatic N) is 6. The molecule has 0 aliphatic heterocycles. The third-order valence-corrected chi connectivity index (χ3v) is 1.51. The van der Waals surface area contributed by atoms with Gasteiger partial charge in [0, 0.05) is 0 Å². The molecule has 0 radical (unpaired) electrons. The van der Waals surface area contributed by atoms with Crippen LogP contribution in [0, 0.1) is 34.0 Å². The van der Waals surface area contributed by atoms with Gasteiger partial charge < -0.3 is 10.6 Å². The first-order valence-electron chi connectivity index (χ1n) is 3.49. The predicted molar refractivity (Wildman–Crippen MR) is 46.2 cm³/mol. The van der Waals surface area contributed by atoms with Crippen LogP contribution in [-0.4, -0.2) is 20.8 Å². The molecule has 0 fully saturated rings. The lowest BCUT2D eigenvalue weighted by atomic mass is 10.3. The number of aromatic nitrogens is 2. The number of rotatable bonds is 1. The Kier molecular flexibility index (Phi) is 2.51. The van der Waals surface area contributed by atoms with Crippen LogP contribution in [-0.2, 0) is 0 Å². The van der Waals surface area contributed by atoms with Crippen molar-refractivity contribution in [1.29, 1.82) is 15.8 Å². The van der Waals surface area contributed by atoms with Crippen molar-refractivity contribution in [2.24, 2.45) is 0 Å². The van der Waals surface area contributed by atoms with E-state index >= 15 is 0 Å². The molecule has 1 heterocycles. The summed E-state index contributed by atoms with van der Waals surface area (Å²) in [6, 6.07) is 4.59. The molecule has 0 aliphatic carbocycles. The number of nitriles is 3. The SMILES string of the molecule is N#CC(=C=[N-])c1nc(C#N)c(C#N)n1O. The van der Waals surface area contributed by atoms with Gasteiger partial charge in [-0.1, -0.05) is 0 Å². The standard InChI is InChI=1S/C8HN6O/c9-1-5(2-10)8-13-6(3-11)7(4-12)14(8)15/h15H/q-1. The maximum atomic E-state index is 9.33. The molecule has 0 spiro atoms. The molecule has 7 nitrogen and oxygen atoms in total. The highest BCUT2D eigenvalue weighted by molar-refractivity contribution is 5.96. The van der Waals surface area contributed by atoms with Crippen molar-refractivity contribution in [3.63, 3.8) is 0 Å². The van der Waals surface area contributed by atoms with E-state index in [4.69, 9.17) is 21.2 Å². The van der Waals surface area contributed by atoms with E-state index in [0.29, 0.717) is 0 Å². The maximum Gasteiger partial charge on any atom is 0.195 e. The van der Waals surface area contributed by atoms with Gasteiger partial charge in [-0.3, -0.25) is 0 Å². The van der Waals surface area contributed by atoms with E-state index in [1.54, 1.807) is 6.07 Å². The van der Waals surface area contributed by atoms with Gasteiger partial charge in [0.25, 0.3) is 0 Å². The maximum absolute atomic E-state index is 9.33. The fourth-order valence-corrected chi connectivity index (χ4v) is 0.877. The molecule has 70 valence electrons. The monoisotopic (exact) mass is 197 g/mol. The first-order chi connectivity index (χ1) is 7.19. The fourth-order valence-electron chi connectivity index (χ4n) is 0.877. The van der Waals surface area contributed by atoms with Crippen molar-refractivity contribution in [3.05, 3.63) is 22.6 Å². The Morgan fingerprint density at radius 1 is 1.33 bits per heavy atom. The second kappa shape index (κ2) is 3.76. The fraction of sp³-hybridized carbons (Fsp3) is 0. The molecule has 0 saturated heterocycles. The zero-order valence-electron chi connectivity index (χ0n) is 7.13. The van der Waals surface area contributed by atoms with Crippen molar-refractivity contribution >= 4 is 11.4 Å². The van der Waals surface area contributed by atoms with Crippen molar-refractivity contribution in [2.75, 3.05) is 0 Å². The Labute approximate surface area is 83.8 Å².